The molecule has 0 amide bonds. The molecule has 1 aromatic rings. The second-order valence-corrected chi connectivity index (χ2v) is 5.31. The van der Waals surface area contributed by atoms with Crippen LogP contribution in [0.25, 0.3) is 0 Å². The zero-order valence-electron chi connectivity index (χ0n) is 10.4. The van der Waals surface area contributed by atoms with Crippen molar-refractivity contribution in [1.82, 2.24) is 10.6 Å². The molecule has 0 aromatic carbocycles. The lowest BCUT2D eigenvalue weighted by molar-refractivity contribution is 0.117. The van der Waals surface area contributed by atoms with Crippen molar-refractivity contribution in [2.45, 2.75) is 26.5 Å². The van der Waals surface area contributed by atoms with Crippen LogP contribution in [0.2, 0.25) is 0 Å². The Morgan fingerprint density at radius 1 is 1.31 bits per heavy atom. The van der Waals surface area contributed by atoms with Crippen LogP contribution in [0.15, 0.2) is 12.1 Å². The molecule has 0 bridgehead atoms. The average Bonchev–Trinajstić information content (AvgIpc) is 2.69. The van der Waals surface area contributed by atoms with Crippen LogP contribution in [-0.4, -0.2) is 32.8 Å². The molecular weight excluding hydrogens is 220 g/mol. The first-order valence-corrected chi connectivity index (χ1v) is 6.53. The molecule has 2 N–H and O–H groups in total. The fraction of sp³-hybridized carbons (Fsp3) is 0.667. The molecule has 4 heteroatoms. The summed E-state index contributed by atoms with van der Waals surface area (Å²) in [7, 11) is 1.74. The van der Waals surface area contributed by atoms with E-state index in [0.717, 1.165) is 26.2 Å². The Kier molecular flexibility index (Phi) is 6.64. The van der Waals surface area contributed by atoms with Crippen molar-refractivity contribution >= 4 is 11.3 Å². The van der Waals surface area contributed by atoms with E-state index in [1.54, 1.807) is 7.11 Å². The van der Waals surface area contributed by atoms with Crippen molar-refractivity contribution in [1.29, 1.82) is 0 Å². The SMILES string of the molecule is COC(C)CNCCNCc1ccc(C)s1. The van der Waals surface area contributed by atoms with Crippen LogP contribution in [0.1, 0.15) is 16.7 Å². The number of aryl methyl sites for hydroxylation is 1. The number of thiophene rings is 1. The van der Waals surface area contributed by atoms with Crippen molar-refractivity contribution in [2.24, 2.45) is 0 Å². The molecule has 0 aliphatic rings. The third-order valence-electron chi connectivity index (χ3n) is 2.41. The zero-order valence-corrected chi connectivity index (χ0v) is 11.2. The molecule has 1 unspecified atom stereocenters. The molecule has 0 radical (unpaired) electrons. The van der Waals surface area contributed by atoms with Gasteiger partial charge in [-0.15, -0.1) is 11.3 Å². The van der Waals surface area contributed by atoms with Gasteiger partial charge in [-0.1, -0.05) is 0 Å². The summed E-state index contributed by atoms with van der Waals surface area (Å²) in [6.45, 7) is 8.07. The van der Waals surface area contributed by atoms with Gasteiger partial charge in [0.25, 0.3) is 0 Å². The number of ether oxygens (including phenoxy) is 1. The number of hydrogen-bond donors (Lipinski definition) is 2. The van der Waals surface area contributed by atoms with Crippen LogP contribution in [0, 0.1) is 6.92 Å². The predicted molar refractivity (Wildman–Crippen MR) is 70.1 cm³/mol. The van der Waals surface area contributed by atoms with Crippen molar-refractivity contribution in [3.05, 3.63) is 21.9 Å². The molecule has 0 aliphatic carbocycles. The maximum absolute atomic E-state index is 5.15. The lowest BCUT2D eigenvalue weighted by Gasteiger charge is -2.10. The Hall–Kier alpha value is -0.420. The Balaban J connectivity index is 1.96. The van der Waals surface area contributed by atoms with Gasteiger partial charge in [-0.2, -0.15) is 0 Å². The first-order valence-electron chi connectivity index (χ1n) is 5.72. The third-order valence-corrected chi connectivity index (χ3v) is 3.41. The second-order valence-electron chi connectivity index (χ2n) is 3.94. The number of nitrogens with one attached hydrogen (secondary N) is 2. The van der Waals surface area contributed by atoms with Gasteiger partial charge >= 0.3 is 0 Å². The lowest BCUT2D eigenvalue weighted by Crippen LogP contribution is -2.32. The lowest BCUT2D eigenvalue weighted by atomic mass is 10.4. The first-order chi connectivity index (χ1) is 7.72. The number of rotatable bonds is 8. The van der Waals surface area contributed by atoms with E-state index in [4.69, 9.17) is 4.74 Å². The highest BCUT2D eigenvalue weighted by Gasteiger charge is 1.98. The molecule has 16 heavy (non-hydrogen) atoms. The van der Waals surface area contributed by atoms with Crippen LogP contribution in [0.4, 0.5) is 0 Å². The molecule has 1 atom stereocenters. The van der Waals surface area contributed by atoms with Crippen LogP contribution in [0.3, 0.4) is 0 Å². The molecule has 0 saturated heterocycles. The fourth-order valence-corrected chi connectivity index (χ4v) is 2.22. The number of methoxy groups -OCH3 is 1. The maximum Gasteiger partial charge on any atom is 0.0667 e. The predicted octanol–water partition coefficient (Wildman–Crippen LogP) is 1.77. The summed E-state index contributed by atoms with van der Waals surface area (Å²) in [5, 5.41) is 6.76. The van der Waals surface area contributed by atoms with E-state index >= 15 is 0 Å². The molecule has 92 valence electrons. The van der Waals surface area contributed by atoms with Gasteiger partial charge in [0, 0.05) is 43.0 Å². The summed E-state index contributed by atoms with van der Waals surface area (Å²) >= 11 is 1.86. The van der Waals surface area contributed by atoms with Crippen molar-refractivity contribution in [2.75, 3.05) is 26.7 Å². The third kappa shape index (κ3) is 5.61. The summed E-state index contributed by atoms with van der Waals surface area (Å²) in [5.41, 5.74) is 0. The minimum absolute atomic E-state index is 0.292. The van der Waals surface area contributed by atoms with Crippen LogP contribution >= 0.6 is 11.3 Å². The van der Waals surface area contributed by atoms with E-state index < -0.39 is 0 Å². The van der Waals surface area contributed by atoms with E-state index in [0.29, 0.717) is 6.10 Å². The Morgan fingerprint density at radius 2 is 2.06 bits per heavy atom. The highest BCUT2D eigenvalue weighted by Crippen LogP contribution is 2.14. The van der Waals surface area contributed by atoms with Gasteiger partial charge in [0.2, 0.25) is 0 Å². The van der Waals surface area contributed by atoms with E-state index in [2.05, 4.69) is 36.6 Å². The molecular formula is C12H22N2OS. The molecule has 0 aliphatic heterocycles. The van der Waals surface area contributed by atoms with Gasteiger partial charge < -0.3 is 15.4 Å². The van der Waals surface area contributed by atoms with Gasteiger partial charge in [0.15, 0.2) is 0 Å². The Bertz CT molecular complexity index is 288. The summed E-state index contributed by atoms with van der Waals surface area (Å²) in [6.07, 6.45) is 0.292. The van der Waals surface area contributed by atoms with Crippen LogP contribution in [0.5, 0.6) is 0 Å². The molecule has 1 aromatic heterocycles. The molecule has 3 nitrogen and oxygen atoms in total. The first kappa shape index (κ1) is 13.6. The second kappa shape index (κ2) is 7.79. The van der Waals surface area contributed by atoms with Crippen molar-refractivity contribution < 1.29 is 4.74 Å². The van der Waals surface area contributed by atoms with E-state index in [9.17, 15) is 0 Å². The Morgan fingerprint density at radius 3 is 2.69 bits per heavy atom. The average molecular weight is 242 g/mol. The molecule has 1 rings (SSSR count). The van der Waals surface area contributed by atoms with Crippen LogP contribution in [-0.2, 0) is 11.3 Å². The minimum Gasteiger partial charge on any atom is -0.380 e. The fourth-order valence-electron chi connectivity index (χ4n) is 1.36. The maximum atomic E-state index is 5.15. The van der Waals surface area contributed by atoms with Crippen molar-refractivity contribution in [3.8, 4) is 0 Å². The highest BCUT2D eigenvalue weighted by molar-refractivity contribution is 7.11. The van der Waals surface area contributed by atoms with Gasteiger partial charge in [-0.25, -0.2) is 0 Å². The quantitative estimate of drug-likeness (QED) is 0.682. The van der Waals surface area contributed by atoms with Gasteiger partial charge in [-0.3, -0.25) is 0 Å². The van der Waals surface area contributed by atoms with E-state index in [1.807, 2.05) is 11.3 Å². The zero-order chi connectivity index (χ0) is 11.8. The molecule has 0 saturated carbocycles. The summed E-state index contributed by atoms with van der Waals surface area (Å²) in [5.74, 6) is 0. The monoisotopic (exact) mass is 242 g/mol. The molecule has 0 spiro atoms. The standard InChI is InChI=1S/C12H22N2OS/c1-10(15-3)8-13-6-7-14-9-12-5-4-11(2)16-12/h4-5,10,13-14H,6-9H2,1-3H3. The smallest absolute Gasteiger partial charge is 0.0667 e. The normalized spacial score (nSPS) is 12.9. The van der Waals surface area contributed by atoms with E-state index in [-0.39, 0.29) is 0 Å². The van der Waals surface area contributed by atoms with Gasteiger partial charge in [-0.05, 0) is 26.0 Å². The topological polar surface area (TPSA) is 33.3 Å². The van der Waals surface area contributed by atoms with E-state index in [1.165, 1.54) is 9.75 Å². The summed E-state index contributed by atoms with van der Waals surface area (Å²) in [4.78, 5) is 2.78. The minimum atomic E-state index is 0.292. The summed E-state index contributed by atoms with van der Waals surface area (Å²) < 4.78 is 5.15. The highest BCUT2D eigenvalue weighted by atomic mass is 32.1. The molecule has 0 fully saturated rings. The van der Waals surface area contributed by atoms with Gasteiger partial charge in [0.1, 0.15) is 0 Å². The summed E-state index contributed by atoms with van der Waals surface area (Å²) in [6, 6.07) is 4.35. The Labute approximate surface area is 102 Å². The van der Waals surface area contributed by atoms with Crippen molar-refractivity contribution in [3.63, 3.8) is 0 Å². The largest absolute Gasteiger partial charge is 0.380 e. The van der Waals surface area contributed by atoms with Gasteiger partial charge in [0.05, 0.1) is 6.10 Å². The van der Waals surface area contributed by atoms with Crippen LogP contribution < -0.4 is 10.6 Å². The number of hydrogen-bond acceptors (Lipinski definition) is 4. The molecule has 1 heterocycles.